The van der Waals surface area contributed by atoms with Gasteiger partial charge < -0.3 is 0 Å². The summed E-state index contributed by atoms with van der Waals surface area (Å²) in [6.45, 7) is 0. The number of hydrogen-bond donors (Lipinski definition) is 0. The van der Waals surface area contributed by atoms with E-state index in [4.69, 9.17) is 0 Å². The molecule has 0 saturated heterocycles. The molecule has 0 amide bonds. The number of allylic oxidation sites excluding steroid dienone is 1. The Morgan fingerprint density at radius 1 is 1.56 bits per heavy atom. The van der Waals surface area contributed by atoms with E-state index >= 15 is 0 Å². The van der Waals surface area contributed by atoms with Crippen molar-refractivity contribution in [2.24, 2.45) is 0 Å². The van der Waals surface area contributed by atoms with Crippen molar-refractivity contribution < 1.29 is 0 Å². The normalized spacial score (nSPS) is 15.6. The Balaban J connectivity index is 2.53. The standard InChI is InChI=1S/C8H7S/c1-2-4-8-6-9-5-7(8)3-1/h1,3,6H,2,4H2. The van der Waals surface area contributed by atoms with Crippen LogP contribution in [0.3, 0.4) is 0 Å². The van der Waals surface area contributed by atoms with E-state index < -0.39 is 0 Å². The highest BCUT2D eigenvalue weighted by Crippen LogP contribution is 2.21. The summed E-state index contributed by atoms with van der Waals surface area (Å²) in [5, 5.41) is 5.41. The monoisotopic (exact) mass is 135 g/mol. The topological polar surface area (TPSA) is 0 Å². The molecule has 0 aliphatic heterocycles. The van der Waals surface area contributed by atoms with Crippen LogP contribution in [0.4, 0.5) is 0 Å². The van der Waals surface area contributed by atoms with Crippen molar-refractivity contribution >= 4 is 17.4 Å². The second kappa shape index (κ2) is 1.99. The van der Waals surface area contributed by atoms with Crippen molar-refractivity contribution in [2.45, 2.75) is 12.8 Å². The molecular weight excluding hydrogens is 128 g/mol. The molecular formula is C8H7S. The van der Waals surface area contributed by atoms with Crippen LogP contribution in [-0.2, 0) is 6.42 Å². The molecule has 1 aromatic heterocycles. The molecule has 0 nitrogen and oxygen atoms in total. The summed E-state index contributed by atoms with van der Waals surface area (Å²) in [5.74, 6) is 0. The van der Waals surface area contributed by atoms with Crippen molar-refractivity contribution in [2.75, 3.05) is 0 Å². The highest BCUT2D eigenvalue weighted by atomic mass is 32.1. The van der Waals surface area contributed by atoms with E-state index in [1.165, 1.54) is 24.0 Å². The van der Waals surface area contributed by atoms with E-state index in [0.29, 0.717) is 0 Å². The summed E-state index contributed by atoms with van der Waals surface area (Å²) in [7, 11) is 0. The van der Waals surface area contributed by atoms with E-state index in [1.807, 2.05) is 0 Å². The van der Waals surface area contributed by atoms with Crippen LogP contribution >= 0.6 is 11.3 Å². The van der Waals surface area contributed by atoms with Gasteiger partial charge in [-0.25, -0.2) is 0 Å². The quantitative estimate of drug-likeness (QED) is 0.512. The predicted molar refractivity (Wildman–Crippen MR) is 40.5 cm³/mol. The second-order valence-electron chi connectivity index (χ2n) is 2.22. The average molecular weight is 135 g/mol. The Morgan fingerprint density at radius 3 is 3.44 bits per heavy atom. The van der Waals surface area contributed by atoms with Crippen LogP contribution < -0.4 is 0 Å². The lowest BCUT2D eigenvalue weighted by Crippen LogP contribution is -1.87. The van der Waals surface area contributed by atoms with Crippen LogP contribution in [0.25, 0.3) is 6.08 Å². The first-order valence-corrected chi connectivity index (χ1v) is 3.99. The Morgan fingerprint density at radius 2 is 2.56 bits per heavy atom. The van der Waals surface area contributed by atoms with Crippen molar-refractivity contribution in [3.05, 3.63) is 28.0 Å². The molecule has 0 N–H and O–H groups in total. The third-order valence-electron chi connectivity index (χ3n) is 1.58. The molecule has 1 aliphatic carbocycles. The molecule has 45 valence electrons. The lowest BCUT2D eigenvalue weighted by atomic mass is 10.0. The summed E-state index contributed by atoms with van der Waals surface area (Å²) in [6.07, 6.45) is 6.80. The van der Waals surface area contributed by atoms with Gasteiger partial charge in [0.1, 0.15) is 0 Å². The highest BCUT2D eigenvalue weighted by molar-refractivity contribution is 7.07. The molecule has 1 heterocycles. The van der Waals surface area contributed by atoms with E-state index in [1.54, 1.807) is 11.3 Å². The van der Waals surface area contributed by atoms with Gasteiger partial charge in [0.25, 0.3) is 0 Å². The number of hydrogen-bond acceptors (Lipinski definition) is 1. The van der Waals surface area contributed by atoms with Crippen LogP contribution in [0, 0.1) is 5.38 Å². The fraction of sp³-hybridized carbons (Fsp3) is 0.250. The molecule has 2 rings (SSSR count). The summed E-state index contributed by atoms with van der Waals surface area (Å²) in [4.78, 5) is 0. The number of aryl methyl sites for hydroxylation is 1. The summed E-state index contributed by atoms with van der Waals surface area (Å²) >= 11 is 1.68. The Bertz CT molecular complexity index is 232. The van der Waals surface area contributed by atoms with Crippen molar-refractivity contribution in [3.8, 4) is 0 Å². The third-order valence-corrected chi connectivity index (χ3v) is 2.32. The maximum Gasteiger partial charge on any atom is 0.0523 e. The zero-order valence-corrected chi connectivity index (χ0v) is 5.87. The Labute approximate surface area is 58.8 Å². The molecule has 0 aromatic carbocycles. The SMILES string of the molecule is [c]1scc2c1C=CCC2. The van der Waals surface area contributed by atoms with Gasteiger partial charge in [0.15, 0.2) is 0 Å². The first-order valence-electron chi connectivity index (χ1n) is 3.11. The summed E-state index contributed by atoms with van der Waals surface area (Å²) < 4.78 is 0. The fourth-order valence-corrected chi connectivity index (χ4v) is 1.84. The van der Waals surface area contributed by atoms with E-state index in [-0.39, 0.29) is 0 Å². The van der Waals surface area contributed by atoms with Crippen LogP contribution in [0.5, 0.6) is 0 Å². The van der Waals surface area contributed by atoms with E-state index in [0.717, 1.165) is 0 Å². The first kappa shape index (κ1) is 5.24. The minimum absolute atomic E-state index is 1.21. The van der Waals surface area contributed by atoms with Gasteiger partial charge in [-0.3, -0.25) is 0 Å². The Hall–Kier alpha value is -0.560. The molecule has 0 unspecified atom stereocenters. The molecule has 1 radical (unpaired) electrons. The molecule has 1 aromatic rings. The lowest BCUT2D eigenvalue weighted by Gasteiger charge is -2.01. The third kappa shape index (κ3) is 0.815. The van der Waals surface area contributed by atoms with Crippen molar-refractivity contribution in [1.29, 1.82) is 0 Å². The number of fused-ring (bicyclic) bond motifs is 1. The highest BCUT2D eigenvalue weighted by Gasteiger charge is 2.03. The molecule has 0 atom stereocenters. The molecule has 0 fully saturated rings. The van der Waals surface area contributed by atoms with Gasteiger partial charge in [-0.05, 0) is 29.3 Å². The van der Waals surface area contributed by atoms with Gasteiger partial charge in [-0.15, -0.1) is 11.3 Å². The average Bonchev–Trinajstić information content (AvgIpc) is 2.33. The second-order valence-corrected chi connectivity index (χ2v) is 2.89. The van der Waals surface area contributed by atoms with Crippen LogP contribution in [0.15, 0.2) is 11.5 Å². The minimum atomic E-state index is 1.21. The maximum atomic E-state index is 3.21. The van der Waals surface area contributed by atoms with Gasteiger partial charge in [0.05, 0.1) is 5.38 Å². The van der Waals surface area contributed by atoms with Gasteiger partial charge in [0, 0.05) is 0 Å². The molecule has 9 heavy (non-hydrogen) atoms. The molecule has 1 aliphatic rings. The van der Waals surface area contributed by atoms with E-state index in [2.05, 4.69) is 22.9 Å². The molecule has 0 bridgehead atoms. The van der Waals surface area contributed by atoms with Crippen molar-refractivity contribution in [3.63, 3.8) is 0 Å². The summed E-state index contributed by atoms with van der Waals surface area (Å²) in [5.41, 5.74) is 2.79. The van der Waals surface area contributed by atoms with Crippen LogP contribution in [0.1, 0.15) is 17.5 Å². The predicted octanol–water partition coefficient (Wildman–Crippen LogP) is 2.51. The Kier molecular flexibility index (Phi) is 1.16. The van der Waals surface area contributed by atoms with Crippen LogP contribution in [-0.4, -0.2) is 0 Å². The molecule has 0 saturated carbocycles. The zero-order valence-electron chi connectivity index (χ0n) is 5.05. The first-order chi connectivity index (χ1) is 4.47. The van der Waals surface area contributed by atoms with E-state index in [9.17, 15) is 0 Å². The smallest absolute Gasteiger partial charge is 0.0523 e. The summed E-state index contributed by atoms with van der Waals surface area (Å²) in [6, 6.07) is 0. The fourth-order valence-electron chi connectivity index (χ4n) is 1.07. The van der Waals surface area contributed by atoms with Gasteiger partial charge in [-0.2, -0.15) is 0 Å². The largest absolute Gasteiger partial charge is 0.142 e. The van der Waals surface area contributed by atoms with Gasteiger partial charge >= 0.3 is 0 Å². The zero-order chi connectivity index (χ0) is 6.10. The number of rotatable bonds is 0. The minimum Gasteiger partial charge on any atom is -0.142 e. The number of thiophene rings is 1. The van der Waals surface area contributed by atoms with Gasteiger partial charge in [0.2, 0.25) is 0 Å². The molecule has 0 spiro atoms. The van der Waals surface area contributed by atoms with Gasteiger partial charge in [-0.1, -0.05) is 12.2 Å². The van der Waals surface area contributed by atoms with Crippen LogP contribution in [0.2, 0.25) is 0 Å². The molecule has 1 heteroatoms. The maximum absolute atomic E-state index is 3.21. The van der Waals surface area contributed by atoms with Crippen molar-refractivity contribution in [1.82, 2.24) is 0 Å². The lowest BCUT2D eigenvalue weighted by molar-refractivity contribution is 0.994.